The summed E-state index contributed by atoms with van der Waals surface area (Å²) in [6, 6.07) is 18.0. The zero-order valence-corrected chi connectivity index (χ0v) is 16.1. The summed E-state index contributed by atoms with van der Waals surface area (Å²) in [6.07, 6.45) is 0. The third-order valence-electron chi connectivity index (χ3n) is 3.98. The number of para-hydroxylation sites is 1. The van der Waals surface area contributed by atoms with Crippen molar-refractivity contribution < 1.29 is 13.9 Å². The van der Waals surface area contributed by atoms with Crippen molar-refractivity contribution in [3.8, 4) is 11.5 Å². The van der Waals surface area contributed by atoms with Gasteiger partial charge in [0.2, 0.25) is 0 Å². The molecule has 6 heteroatoms. The highest BCUT2D eigenvalue weighted by Crippen LogP contribution is 2.37. The van der Waals surface area contributed by atoms with E-state index in [1.54, 1.807) is 18.2 Å². The lowest BCUT2D eigenvalue weighted by Gasteiger charge is -2.15. The zero-order chi connectivity index (χ0) is 19.2. The van der Waals surface area contributed by atoms with Crippen LogP contribution < -0.4 is 14.8 Å². The van der Waals surface area contributed by atoms with Crippen molar-refractivity contribution in [3.63, 3.8) is 0 Å². The standard InChI is InChI=1S/C21H18Cl2FNO2/c1-26-20-11-14(12-25-15-6-3-2-4-7-15)10-18(23)21(20)27-13-16-17(22)8-5-9-19(16)24/h2-11,25H,12-13H2,1H3. The predicted octanol–water partition coefficient (Wildman–Crippen LogP) is 6.33. The summed E-state index contributed by atoms with van der Waals surface area (Å²) >= 11 is 12.4. The maximum atomic E-state index is 13.9. The fourth-order valence-electron chi connectivity index (χ4n) is 2.59. The molecule has 27 heavy (non-hydrogen) atoms. The predicted molar refractivity (Wildman–Crippen MR) is 108 cm³/mol. The molecule has 140 valence electrons. The van der Waals surface area contributed by atoms with Gasteiger partial charge in [-0.15, -0.1) is 0 Å². The second kappa shape index (κ2) is 8.98. The molecular weight excluding hydrogens is 388 g/mol. The van der Waals surface area contributed by atoms with Gasteiger partial charge in [-0.25, -0.2) is 4.39 Å². The van der Waals surface area contributed by atoms with Gasteiger partial charge in [0, 0.05) is 17.8 Å². The average molecular weight is 406 g/mol. The van der Waals surface area contributed by atoms with E-state index in [4.69, 9.17) is 32.7 Å². The average Bonchev–Trinajstić information content (AvgIpc) is 2.67. The Morgan fingerprint density at radius 2 is 1.74 bits per heavy atom. The minimum absolute atomic E-state index is 0.0524. The topological polar surface area (TPSA) is 30.5 Å². The van der Waals surface area contributed by atoms with Crippen molar-refractivity contribution in [2.24, 2.45) is 0 Å². The molecule has 0 aliphatic heterocycles. The minimum Gasteiger partial charge on any atom is -0.493 e. The van der Waals surface area contributed by atoms with Gasteiger partial charge < -0.3 is 14.8 Å². The monoisotopic (exact) mass is 405 g/mol. The molecule has 3 rings (SSSR count). The molecule has 0 heterocycles. The molecule has 0 fully saturated rings. The molecule has 0 aromatic heterocycles. The molecule has 0 saturated heterocycles. The Kier molecular flexibility index (Phi) is 6.43. The van der Waals surface area contributed by atoms with E-state index in [1.165, 1.54) is 13.2 Å². The largest absolute Gasteiger partial charge is 0.493 e. The fourth-order valence-corrected chi connectivity index (χ4v) is 3.10. The third-order valence-corrected chi connectivity index (χ3v) is 4.62. The zero-order valence-electron chi connectivity index (χ0n) is 14.6. The van der Waals surface area contributed by atoms with Gasteiger partial charge in [-0.1, -0.05) is 47.5 Å². The molecule has 0 radical (unpaired) electrons. The van der Waals surface area contributed by atoms with Crippen LogP contribution in [0, 0.1) is 5.82 Å². The van der Waals surface area contributed by atoms with Crippen molar-refractivity contribution in [1.29, 1.82) is 0 Å². The van der Waals surface area contributed by atoms with Crippen LogP contribution in [-0.2, 0) is 13.2 Å². The first-order chi connectivity index (χ1) is 13.1. The Morgan fingerprint density at radius 3 is 2.44 bits per heavy atom. The Morgan fingerprint density at radius 1 is 0.963 bits per heavy atom. The molecule has 0 spiro atoms. The van der Waals surface area contributed by atoms with Crippen LogP contribution in [0.25, 0.3) is 0 Å². The van der Waals surface area contributed by atoms with E-state index >= 15 is 0 Å². The number of methoxy groups -OCH3 is 1. The van der Waals surface area contributed by atoms with Gasteiger partial charge in [-0.2, -0.15) is 0 Å². The number of ether oxygens (including phenoxy) is 2. The smallest absolute Gasteiger partial charge is 0.180 e. The molecular formula is C21H18Cl2FNO2. The van der Waals surface area contributed by atoms with E-state index in [9.17, 15) is 4.39 Å². The summed E-state index contributed by atoms with van der Waals surface area (Å²) < 4.78 is 25.1. The molecule has 3 aromatic rings. The number of hydrogen-bond donors (Lipinski definition) is 1. The van der Waals surface area contributed by atoms with E-state index in [0.717, 1.165) is 11.3 Å². The minimum atomic E-state index is -0.429. The number of halogens is 3. The molecule has 0 unspecified atom stereocenters. The lowest BCUT2D eigenvalue weighted by molar-refractivity contribution is 0.280. The van der Waals surface area contributed by atoms with Gasteiger partial charge in [0.1, 0.15) is 12.4 Å². The van der Waals surface area contributed by atoms with Crippen LogP contribution in [0.3, 0.4) is 0 Å². The number of hydrogen-bond acceptors (Lipinski definition) is 3. The molecule has 0 bridgehead atoms. The Hall–Kier alpha value is -2.43. The first kappa shape index (κ1) is 19.3. The second-order valence-electron chi connectivity index (χ2n) is 5.82. The summed E-state index contributed by atoms with van der Waals surface area (Å²) in [7, 11) is 1.53. The van der Waals surface area contributed by atoms with Crippen LogP contribution in [0.1, 0.15) is 11.1 Å². The SMILES string of the molecule is COc1cc(CNc2ccccc2)cc(Cl)c1OCc1c(F)cccc1Cl. The first-order valence-corrected chi connectivity index (χ1v) is 9.05. The molecule has 3 aromatic carbocycles. The van der Waals surface area contributed by atoms with Crippen molar-refractivity contribution in [1.82, 2.24) is 0 Å². The molecule has 0 aliphatic rings. The van der Waals surface area contributed by atoms with Gasteiger partial charge in [-0.3, -0.25) is 0 Å². The van der Waals surface area contributed by atoms with E-state index in [0.29, 0.717) is 28.1 Å². The highest BCUT2D eigenvalue weighted by molar-refractivity contribution is 6.32. The quantitative estimate of drug-likeness (QED) is 0.497. The molecule has 0 amide bonds. The third kappa shape index (κ3) is 4.85. The van der Waals surface area contributed by atoms with Crippen LogP contribution in [-0.4, -0.2) is 7.11 Å². The van der Waals surface area contributed by atoms with Crippen LogP contribution in [0.2, 0.25) is 10.0 Å². The summed E-state index contributed by atoms with van der Waals surface area (Å²) in [6.45, 7) is 0.517. The maximum Gasteiger partial charge on any atom is 0.180 e. The summed E-state index contributed by atoms with van der Waals surface area (Å²) in [4.78, 5) is 0. The first-order valence-electron chi connectivity index (χ1n) is 8.29. The Bertz CT molecular complexity index is 899. The van der Waals surface area contributed by atoms with Crippen molar-refractivity contribution in [3.05, 3.63) is 87.7 Å². The lowest BCUT2D eigenvalue weighted by Crippen LogP contribution is -2.04. The highest BCUT2D eigenvalue weighted by atomic mass is 35.5. The van der Waals surface area contributed by atoms with E-state index in [-0.39, 0.29) is 12.2 Å². The normalized spacial score (nSPS) is 10.5. The summed E-state index contributed by atoms with van der Waals surface area (Å²) in [5, 5.41) is 3.99. The van der Waals surface area contributed by atoms with Crippen molar-refractivity contribution in [2.75, 3.05) is 12.4 Å². The number of nitrogens with one attached hydrogen (secondary N) is 1. The van der Waals surface area contributed by atoms with Crippen LogP contribution in [0.4, 0.5) is 10.1 Å². The molecule has 0 aliphatic carbocycles. The lowest BCUT2D eigenvalue weighted by atomic mass is 10.2. The van der Waals surface area contributed by atoms with Gasteiger partial charge in [0.15, 0.2) is 11.5 Å². The fraction of sp³-hybridized carbons (Fsp3) is 0.143. The molecule has 3 nitrogen and oxygen atoms in total. The Labute approximate surface area is 167 Å². The van der Waals surface area contributed by atoms with E-state index in [1.807, 2.05) is 36.4 Å². The molecule has 0 saturated carbocycles. The maximum absolute atomic E-state index is 13.9. The number of benzene rings is 3. The number of anilines is 1. The molecule has 0 atom stereocenters. The van der Waals surface area contributed by atoms with Crippen molar-refractivity contribution in [2.45, 2.75) is 13.2 Å². The van der Waals surface area contributed by atoms with Gasteiger partial charge in [0.05, 0.1) is 17.2 Å². The second-order valence-corrected chi connectivity index (χ2v) is 6.63. The van der Waals surface area contributed by atoms with E-state index < -0.39 is 5.82 Å². The van der Waals surface area contributed by atoms with E-state index in [2.05, 4.69) is 5.32 Å². The van der Waals surface area contributed by atoms with Crippen molar-refractivity contribution >= 4 is 28.9 Å². The van der Waals surface area contributed by atoms with Gasteiger partial charge in [0.25, 0.3) is 0 Å². The molecule has 1 N–H and O–H groups in total. The highest BCUT2D eigenvalue weighted by Gasteiger charge is 2.15. The van der Waals surface area contributed by atoms with Crippen LogP contribution in [0.15, 0.2) is 60.7 Å². The number of rotatable bonds is 7. The van der Waals surface area contributed by atoms with Gasteiger partial charge >= 0.3 is 0 Å². The van der Waals surface area contributed by atoms with Gasteiger partial charge in [-0.05, 0) is 42.0 Å². The summed E-state index contributed by atoms with van der Waals surface area (Å²) in [5.41, 5.74) is 2.20. The van der Waals surface area contributed by atoms with Crippen LogP contribution >= 0.6 is 23.2 Å². The Balaban J connectivity index is 1.76. The summed E-state index contributed by atoms with van der Waals surface area (Å²) in [5.74, 6) is 0.392. The van der Waals surface area contributed by atoms with Crippen LogP contribution in [0.5, 0.6) is 11.5 Å².